The largest absolute Gasteiger partial charge is 0.548 e. The highest BCUT2D eigenvalue weighted by Gasteiger charge is 2.34. The number of carboxylic acid groups (broad SMARTS) is 1. The second-order valence-corrected chi connectivity index (χ2v) is 5.60. The molecule has 0 fully saturated rings. The normalized spacial score (nSPS) is 15.1. The molecule has 0 saturated heterocycles. The third-order valence-corrected chi connectivity index (χ3v) is 3.99. The van der Waals surface area contributed by atoms with Gasteiger partial charge in [-0.3, -0.25) is 14.5 Å². The minimum absolute atomic E-state index is 0.0880. The van der Waals surface area contributed by atoms with E-state index >= 15 is 0 Å². The first-order valence-corrected chi connectivity index (χ1v) is 7.66. The summed E-state index contributed by atoms with van der Waals surface area (Å²) < 4.78 is 5.11. The molecule has 3 rings (SSSR count). The molecule has 1 heterocycles. The van der Waals surface area contributed by atoms with Crippen LogP contribution < -0.4 is 9.84 Å². The minimum atomic E-state index is -1.55. The summed E-state index contributed by atoms with van der Waals surface area (Å²) in [6.07, 6.45) is 1.40. The average Bonchev–Trinajstić information content (AvgIpc) is 2.63. The highest BCUT2D eigenvalue weighted by Crippen LogP contribution is 2.33. The lowest BCUT2D eigenvalue weighted by Gasteiger charge is -2.28. The van der Waals surface area contributed by atoms with E-state index in [0.29, 0.717) is 21.8 Å². The molecule has 1 aliphatic heterocycles. The number of hydrogen-bond acceptors (Lipinski definition) is 6. The van der Waals surface area contributed by atoms with Gasteiger partial charge in [0.15, 0.2) is 0 Å². The predicted octanol–water partition coefficient (Wildman–Crippen LogP) is 0.674. The lowest BCUT2D eigenvalue weighted by molar-refractivity contribution is -0.305. The van der Waals surface area contributed by atoms with Crippen molar-refractivity contribution in [3.8, 4) is 11.5 Å². The third-order valence-electron chi connectivity index (χ3n) is 3.99. The Kier molecular flexibility index (Phi) is 4.45. The smallest absolute Gasteiger partial charge is 0.261 e. The fraction of sp³-hybridized carbons (Fsp3) is 0.105. The summed E-state index contributed by atoms with van der Waals surface area (Å²) in [5.74, 6) is -2.66. The van der Waals surface area contributed by atoms with Crippen molar-refractivity contribution in [3.05, 3.63) is 59.2 Å². The van der Waals surface area contributed by atoms with Crippen LogP contribution in [0.25, 0.3) is 11.6 Å². The van der Waals surface area contributed by atoms with Crippen LogP contribution in [0.4, 0.5) is 0 Å². The quantitative estimate of drug-likeness (QED) is 0.640. The molecule has 132 valence electrons. The van der Waals surface area contributed by atoms with Crippen LogP contribution in [0.3, 0.4) is 0 Å². The van der Waals surface area contributed by atoms with Crippen molar-refractivity contribution in [1.29, 1.82) is 0 Å². The fourth-order valence-corrected chi connectivity index (χ4v) is 2.75. The SMILES string of the molecule is COc1ccc(O)c(/C=C2\C(=O)N(CC(=O)[O-])C(=O)c3ccccc32)c1. The monoisotopic (exact) mass is 352 g/mol. The third kappa shape index (κ3) is 3.02. The van der Waals surface area contributed by atoms with E-state index in [1.807, 2.05) is 0 Å². The van der Waals surface area contributed by atoms with Gasteiger partial charge in [-0.2, -0.15) is 0 Å². The Balaban J connectivity index is 2.18. The summed E-state index contributed by atoms with van der Waals surface area (Å²) >= 11 is 0. The second kappa shape index (κ2) is 6.72. The van der Waals surface area contributed by atoms with Crippen molar-refractivity contribution in [2.45, 2.75) is 0 Å². The van der Waals surface area contributed by atoms with Gasteiger partial charge >= 0.3 is 0 Å². The van der Waals surface area contributed by atoms with E-state index in [0.717, 1.165) is 0 Å². The number of phenolic OH excluding ortho intramolecular Hbond substituents is 1. The second-order valence-electron chi connectivity index (χ2n) is 5.60. The van der Waals surface area contributed by atoms with Crippen LogP contribution >= 0.6 is 0 Å². The van der Waals surface area contributed by atoms with Gasteiger partial charge in [0.2, 0.25) is 0 Å². The van der Waals surface area contributed by atoms with Crippen molar-refractivity contribution in [2.24, 2.45) is 0 Å². The molecule has 0 saturated carbocycles. The Hall–Kier alpha value is -3.61. The Morgan fingerprint density at radius 3 is 2.50 bits per heavy atom. The number of fused-ring (bicyclic) bond motifs is 1. The van der Waals surface area contributed by atoms with Crippen molar-refractivity contribution in [1.82, 2.24) is 4.90 Å². The number of phenols is 1. The number of rotatable bonds is 4. The number of ether oxygens (including phenoxy) is 1. The molecule has 7 nitrogen and oxygen atoms in total. The highest BCUT2D eigenvalue weighted by molar-refractivity contribution is 6.34. The summed E-state index contributed by atoms with van der Waals surface area (Å²) in [6, 6.07) is 10.9. The van der Waals surface area contributed by atoms with Crippen LogP contribution in [-0.2, 0) is 9.59 Å². The minimum Gasteiger partial charge on any atom is -0.548 e. The lowest BCUT2D eigenvalue weighted by atomic mass is 9.92. The maximum atomic E-state index is 12.7. The molecule has 2 amide bonds. The summed E-state index contributed by atoms with van der Waals surface area (Å²) in [6.45, 7) is -0.854. The topological polar surface area (TPSA) is 107 Å². The van der Waals surface area contributed by atoms with Gasteiger partial charge in [-0.1, -0.05) is 18.2 Å². The van der Waals surface area contributed by atoms with Crippen LogP contribution in [0.1, 0.15) is 21.5 Å². The standard InChI is InChI=1S/C19H15NO6/c1-26-12-6-7-16(21)11(8-12)9-15-13-4-2-3-5-14(13)18(24)20(19(15)25)10-17(22)23/h2-9,21H,10H2,1H3,(H,22,23)/p-1/b15-9-. The van der Waals surface area contributed by atoms with Crippen molar-refractivity contribution in [3.63, 3.8) is 0 Å². The zero-order valence-electron chi connectivity index (χ0n) is 13.8. The number of carboxylic acids is 1. The van der Waals surface area contributed by atoms with E-state index in [4.69, 9.17) is 4.74 Å². The van der Waals surface area contributed by atoms with Crippen molar-refractivity contribution in [2.75, 3.05) is 13.7 Å². The van der Waals surface area contributed by atoms with E-state index in [1.165, 1.54) is 31.4 Å². The Morgan fingerprint density at radius 2 is 1.85 bits per heavy atom. The van der Waals surface area contributed by atoms with Gasteiger partial charge in [0.05, 0.1) is 19.6 Å². The zero-order chi connectivity index (χ0) is 18.8. The summed E-state index contributed by atoms with van der Waals surface area (Å²) in [4.78, 5) is 36.7. The van der Waals surface area contributed by atoms with E-state index < -0.39 is 24.3 Å². The van der Waals surface area contributed by atoms with E-state index in [1.54, 1.807) is 24.3 Å². The van der Waals surface area contributed by atoms with E-state index in [-0.39, 0.29) is 16.9 Å². The van der Waals surface area contributed by atoms with Gasteiger partial charge in [0.1, 0.15) is 11.5 Å². The van der Waals surface area contributed by atoms with Crippen LogP contribution in [0.5, 0.6) is 11.5 Å². The number of carbonyl (C=O) groups excluding carboxylic acids is 3. The van der Waals surface area contributed by atoms with Gasteiger partial charge in [-0.05, 0) is 35.9 Å². The fourth-order valence-electron chi connectivity index (χ4n) is 2.75. The summed E-state index contributed by atoms with van der Waals surface area (Å²) in [5, 5.41) is 21.0. The number of amides is 2. The molecule has 2 aromatic carbocycles. The van der Waals surface area contributed by atoms with Gasteiger partial charge in [0, 0.05) is 16.7 Å². The van der Waals surface area contributed by atoms with E-state index in [2.05, 4.69) is 0 Å². The van der Waals surface area contributed by atoms with Crippen LogP contribution in [0.2, 0.25) is 0 Å². The molecular formula is C19H14NO6-. The van der Waals surface area contributed by atoms with Crippen LogP contribution in [0, 0.1) is 0 Å². The predicted molar refractivity (Wildman–Crippen MR) is 90.0 cm³/mol. The molecule has 0 aliphatic carbocycles. The van der Waals surface area contributed by atoms with Crippen molar-refractivity contribution >= 4 is 29.4 Å². The Morgan fingerprint density at radius 1 is 1.15 bits per heavy atom. The molecule has 1 aliphatic rings. The first kappa shape index (κ1) is 17.2. The van der Waals surface area contributed by atoms with Gasteiger partial charge < -0.3 is 19.7 Å². The van der Waals surface area contributed by atoms with Crippen LogP contribution in [-0.4, -0.2) is 41.4 Å². The number of benzene rings is 2. The van der Waals surface area contributed by atoms with Gasteiger partial charge in [-0.15, -0.1) is 0 Å². The van der Waals surface area contributed by atoms with Gasteiger partial charge in [0.25, 0.3) is 11.8 Å². The average molecular weight is 352 g/mol. The maximum Gasteiger partial charge on any atom is 0.261 e. The Bertz CT molecular complexity index is 947. The summed E-state index contributed by atoms with van der Waals surface area (Å²) in [5.41, 5.74) is 0.941. The molecular weight excluding hydrogens is 338 g/mol. The molecule has 0 spiro atoms. The number of aliphatic carboxylic acids is 1. The number of carbonyl (C=O) groups is 3. The number of methoxy groups -OCH3 is 1. The van der Waals surface area contributed by atoms with Crippen LogP contribution in [0.15, 0.2) is 42.5 Å². The zero-order valence-corrected chi connectivity index (χ0v) is 13.8. The molecule has 0 bridgehead atoms. The lowest BCUT2D eigenvalue weighted by Crippen LogP contribution is -2.47. The highest BCUT2D eigenvalue weighted by atomic mass is 16.5. The van der Waals surface area contributed by atoms with E-state index in [9.17, 15) is 24.6 Å². The van der Waals surface area contributed by atoms with Gasteiger partial charge in [-0.25, -0.2) is 0 Å². The molecule has 2 aromatic rings. The molecule has 0 atom stereocenters. The molecule has 0 radical (unpaired) electrons. The molecule has 0 unspecified atom stereocenters. The number of imide groups is 1. The molecule has 26 heavy (non-hydrogen) atoms. The van der Waals surface area contributed by atoms with Crippen molar-refractivity contribution < 1.29 is 29.3 Å². The molecule has 0 aromatic heterocycles. The molecule has 7 heteroatoms. The molecule has 1 N–H and O–H groups in total. The number of nitrogens with zero attached hydrogens (tertiary/aromatic N) is 1. The Labute approximate surface area is 148 Å². The first-order chi connectivity index (χ1) is 12.4. The summed E-state index contributed by atoms with van der Waals surface area (Å²) in [7, 11) is 1.46. The number of aromatic hydroxyl groups is 1. The first-order valence-electron chi connectivity index (χ1n) is 7.66. The maximum absolute atomic E-state index is 12.7. The number of hydrogen-bond donors (Lipinski definition) is 1.